The number of carbonyl (C=O) groups is 2. The van der Waals surface area contributed by atoms with Gasteiger partial charge in [-0.3, -0.25) is 14.5 Å². The van der Waals surface area contributed by atoms with E-state index in [0.29, 0.717) is 29.2 Å². The number of halogens is 2. The fourth-order valence-corrected chi connectivity index (χ4v) is 3.54. The van der Waals surface area contributed by atoms with E-state index in [1.807, 2.05) is 6.92 Å². The summed E-state index contributed by atoms with van der Waals surface area (Å²) in [6, 6.07) is 11.2. The molecule has 0 N–H and O–H groups in total. The maximum absolute atomic E-state index is 13.0. The predicted octanol–water partition coefficient (Wildman–Crippen LogP) is 3.40. The normalized spacial score (nSPS) is 17.4. The van der Waals surface area contributed by atoms with Crippen LogP contribution in [0.15, 0.2) is 42.5 Å². The van der Waals surface area contributed by atoms with E-state index in [2.05, 4.69) is 4.90 Å². The van der Waals surface area contributed by atoms with Gasteiger partial charge in [-0.15, -0.1) is 0 Å². The van der Waals surface area contributed by atoms with Crippen molar-refractivity contribution in [3.63, 3.8) is 0 Å². The summed E-state index contributed by atoms with van der Waals surface area (Å²) in [6.45, 7) is 4.62. The molecule has 28 heavy (non-hydrogen) atoms. The zero-order chi connectivity index (χ0) is 20.1. The summed E-state index contributed by atoms with van der Waals surface area (Å²) in [4.78, 5) is 27.7. The first-order valence-corrected chi connectivity index (χ1v) is 9.48. The Morgan fingerprint density at radius 2 is 2.00 bits per heavy atom. The molecular formula is C21H22ClFN2O3. The fraction of sp³-hybridized carbons (Fsp3) is 0.333. The van der Waals surface area contributed by atoms with E-state index in [1.54, 1.807) is 29.2 Å². The first-order chi connectivity index (χ1) is 13.5. The van der Waals surface area contributed by atoms with Gasteiger partial charge in [-0.05, 0) is 42.8 Å². The Morgan fingerprint density at radius 3 is 2.68 bits per heavy atom. The molecule has 3 rings (SSSR count). The highest BCUT2D eigenvalue weighted by Crippen LogP contribution is 2.22. The van der Waals surface area contributed by atoms with E-state index in [-0.39, 0.29) is 24.4 Å². The van der Waals surface area contributed by atoms with Crippen molar-refractivity contribution >= 4 is 23.8 Å². The predicted molar refractivity (Wildman–Crippen MR) is 105 cm³/mol. The Hall–Kier alpha value is -2.44. The van der Waals surface area contributed by atoms with Crippen LogP contribution >= 0.6 is 11.6 Å². The summed E-state index contributed by atoms with van der Waals surface area (Å²) in [5, 5.41) is 0.437. The van der Waals surface area contributed by atoms with E-state index in [1.165, 1.54) is 18.2 Å². The maximum Gasteiger partial charge on any atom is 0.260 e. The molecule has 2 aromatic carbocycles. The van der Waals surface area contributed by atoms with Crippen LogP contribution in [-0.2, 0) is 11.3 Å². The lowest BCUT2D eigenvalue weighted by atomic mass is 10.1. The van der Waals surface area contributed by atoms with Crippen LogP contribution in [0, 0.1) is 5.82 Å². The Balaban J connectivity index is 1.53. The summed E-state index contributed by atoms with van der Waals surface area (Å²) in [6.07, 6.45) is 0.655. The monoisotopic (exact) mass is 404 g/mol. The number of benzene rings is 2. The molecule has 148 valence electrons. The molecule has 0 unspecified atom stereocenters. The van der Waals surface area contributed by atoms with E-state index in [9.17, 15) is 14.0 Å². The van der Waals surface area contributed by atoms with Gasteiger partial charge in [0.05, 0.1) is 5.56 Å². The van der Waals surface area contributed by atoms with Gasteiger partial charge in [-0.1, -0.05) is 23.7 Å². The summed E-state index contributed by atoms with van der Waals surface area (Å²) in [5.74, 6) is -0.0259. The highest BCUT2D eigenvalue weighted by Gasteiger charge is 2.27. The minimum Gasteiger partial charge on any atom is -0.483 e. The Labute approximate surface area is 168 Å². The highest BCUT2D eigenvalue weighted by atomic mass is 35.5. The molecule has 0 saturated carbocycles. The van der Waals surface area contributed by atoms with Crippen LogP contribution in [0.4, 0.5) is 4.39 Å². The van der Waals surface area contributed by atoms with Gasteiger partial charge in [-0.2, -0.15) is 0 Å². The Morgan fingerprint density at radius 1 is 1.25 bits per heavy atom. The zero-order valence-electron chi connectivity index (χ0n) is 15.6. The molecule has 0 aromatic heterocycles. The third kappa shape index (κ3) is 5.09. The molecule has 1 saturated heterocycles. The van der Waals surface area contributed by atoms with Crippen LogP contribution in [0.25, 0.3) is 0 Å². The van der Waals surface area contributed by atoms with Crippen molar-refractivity contribution in [3.05, 3.63) is 64.4 Å². The van der Waals surface area contributed by atoms with Gasteiger partial charge < -0.3 is 9.64 Å². The van der Waals surface area contributed by atoms with E-state index >= 15 is 0 Å². The van der Waals surface area contributed by atoms with Crippen molar-refractivity contribution in [2.24, 2.45) is 0 Å². The molecule has 1 aliphatic rings. The molecule has 2 aromatic rings. The van der Waals surface area contributed by atoms with Crippen molar-refractivity contribution < 1.29 is 18.7 Å². The Bertz CT molecular complexity index is 844. The molecule has 1 amide bonds. The molecule has 0 bridgehead atoms. The number of aldehydes is 1. The lowest BCUT2D eigenvalue weighted by molar-refractivity contribution is -0.138. The molecule has 1 heterocycles. The lowest BCUT2D eigenvalue weighted by Gasteiger charge is -2.39. The lowest BCUT2D eigenvalue weighted by Crippen LogP contribution is -2.54. The fourth-order valence-electron chi connectivity index (χ4n) is 3.36. The minimum absolute atomic E-state index is 0.0288. The van der Waals surface area contributed by atoms with Crippen LogP contribution in [0.1, 0.15) is 22.8 Å². The number of ether oxygens (including phenoxy) is 1. The zero-order valence-corrected chi connectivity index (χ0v) is 16.4. The molecule has 1 atom stereocenters. The van der Waals surface area contributed by atoms with Crippen molar-refractivity contribution in [1.82, 2.24) is 9.80 Å². The van der Waals surface area contributed by atoms with Gasteiger partial charge >= 0.3 is 0 Å². The van der Waals surface area contributed by atoms with Crippen LogP contribution in [0.5, 0.6) is 5.75 Å². The summed E-state index contributed by atoms with van der Waals surface area (Å²) < 4.78 is 18.6. The number of nitrogens with zero attached hydrogens (tertiary/aromatic N) is 2. The molecule has 0 aliphatic carbocycles. The standard InChI is InChI=1S/C21H22ClFN2O3/c1-15-11-24(12-16-2-5-19(23)6-3-16)8-9-25(15)21(27)14-28-20-7-4-18(22)10-17(20)13-26/h2-7,10,13,15H,8-9,11-12,14H2,1H3/t15-/m1/s1. The number of amides is 1. The largest absolute Gasteiger partial charge is 0.483 e. The summed E-state index contributed by atoms with van der Waals surface area (Å²) in [5.41, 5.74) is 1.36. The molecule has 0 spiro atoms. The molecule has 5 nitrogen and oxygen atoms in total. The van der Waals surface area contributed by atoms with Gasteiger partial charge in [0.25, 0.3) is 5.91 Å². The van der Waals surface area contributed by atoms with E-state index in [0.717, 1.165) is 25.2 Å². The summed E-state index contributed by atoms with van der Waals surface area (Å²) in [7, 11) is 0. The number of piperazine rings is 1. The third-order valence-corrected chi connectivity index (χ3v) is 5.04. The van der Waals surface area contributed by atoms with Crippen molar-refractivity contribution in [2.45, 2.75) is 19.5 Å². The van der Waals surface area contributed by atoms with Gasteiger partial charge in [0.15, 0.2) is 12.9 Å². The second-order valence-electron chi connectivity index (χ2n) is 6.89. The number of carbonyl (C=O) groups excluding carboxylic acids is 2. The SMILES string of the molecule is C[C@@H]1CN(Cc2ccc(F)cc2)CCN1C(=O)COc1ccc(Cl)cc1C=O. The number of hydrogen-bond acceptors (Lipinski definition) is 4. The van der Waals surface area contributed by atoms with Crippen LogP contribution in [-0.4, -0.2) is 54.3 Å². The highest BCUT2D eigenvalue weighted by molar-refractivity contribution is 6.30. The molecular weight excluding hydrogens is 383 g/mol. The van der Waals surface area contributed by atoms with Gasteiger partial charge in [-0.25, -0.2) is 4.39 Å². The first-order valence-electron chi connectivity index (χ1n) is 9.10. The van der Waals surface area contributed by atoms with E-state index < -0.39 is 0 Å². The average molecular weight is 405 g/mol. The van der Waals surface area contributed by atoms with Crippen molar-refractivity contribution in [1.29, 1.82) is 0 Å². The summed E-state index contributed by atoms with van der Waals surface area (Å²) >= 11 is 5.87. The molecule has 1 aliphatic heterocycles. The minimum atomic E-state index is -0.244. The number of hydrogen-bond donors (Lipinski definition) is 0. The second kappa shape index (κ2) is 9.17. The topological polar surface area (TPSA) is 49.9 Å². The second-order valence-corrected chi connectivity index (χ2v) is 7.32. The van der Waals surface area contributed by atoms with Gasteiger partial charge in [0.1, 0.15) is 11.6 Å². The van der Waals surface area contributed by atoms with Gasteiger partial charge in [0, 0.05) is 37.2 Å². The number of rotatable bonds is 6. The Kier molecular flexibility index (Phi) is 6.65. The van der Waals surface area contributed by atoms with Crippen LogP contribution in [0.2, 0.25) is 5.02 Å². The third-order valence-electron chi connectivity index (χ3n) is 4.80. The average Bonchev–Trinajstić information content (AvgIpc) is 2.68. The van der Waals surface area contributed by atoms with Crippen LogP contribution < -0.4 is 4.74 Å². The van der Waals surface area contributed by atoms with Gasteiger partial charge in [0.2, 0.25) is 0 Å². The molecule has 7 heteroatoms. The van der Waals surface area contributed by atoms with Crippen molar-refractivity contribution in [2.75, 3.05) is 26.2 Å². The van der Waals surface area contributed by atoms with Crippen molar-refractivity contribution in [3.8, 4) is 5.75 Å². The molecule has 1 fully saturated rings. The quantitative estimate of drug-likeness (QED) is 0.692. The maximum atomic E-state index is 13.0. The molecule has 0 radical (unpaired) electrons. The first kappa shape index (κ1) is 20.3. The van der Waals surface area contributed by atoms with E-state index in [4.69, 9.17) is 16.3 Å². The van der Waals surface area contributed by atoms with Crippen LogP contribution in [0.3, 0.4) is 0 Å². The smallest absolute Gasteiger partial charge is 0.260 e.